The molecule has 76 valence electrons. The molecule has 0 bridgehead atoms. The molecule has 14 heavy (non-hydrogen) atoms. The summed E-state index contributed by atoms with van der Waals surface area (Å²) in [6.45, 7) is 0. The highest BCUT2D eigenvalue weighted by atomic mass is 32.1. The van der Waals surface area contributed by atoms with Crippen LogP contribution < -0.4 is 11.5 Å². The van der Waals surface area contributed by atoms with Gasteiger partial charge in [0.25, 0.3) is 0 Å². The molecule has 0 fully saturated rings. The van der Waals surface area contributed by atoms with Gasteiger partial charge in [-0.2, -0.15) is 0 Å². The van der Waals surface area contributed by atoms with Crippen LogP contribution in [0.1, 0.15) is 11.0 Å². The highest BCUT2D eigenvalue weighted by molar-refractivity contribution is 7.09. The molecule has 0 aromatic carbocycles. The zero-order chi connectivity index (χ0) is 10.6. The number of methoxy groups -OCH3 is 1. The minimum atomic E-state index is -0.856. The van der Waals surface area contributed by atoms with Crippen LogP contribution in [0.5, 0.6) is 0 Å². The summed E-state index contributed by atoms with van der Waals surface area (Å²) in [5.41, 5.74) is 10.4. The maximum Gasteiger partial charge on any atom is 0.337 e. The summed E-state index contributed by atoms with van der Waals surface area (Å²) in [6, 6.07) is -0.856. The van der Waals surface area contributed by atoms with Crippen LogP contribution in [0.15, 0.2) is 16.6 Å². The topological polar surface area (TPSA) is 104 Å². The van der Waals surface area contributed by atoms with E-state index in [4.69, 9.17) is 11.5 Å². The van der Waals surface area contributed by atoms with Gasteiger partial charge >= 0.3 is 5.97 Å². The Bertz CT molecular complexity index is 331. The molecule has 4 N–H and O–H groups in total. The van der Waals surface area contributed by atoms with Crippen molar-refractivity contribution in [3.8, 4) is 0 Å². The van der Waals surface area contributed by atoms with Gasteiger partial charge in [0.2, 0.25) is 6.04 Å². The van der Waals surface area contributed by atoms with E-state index in [9.17, 15) is 4.79 Å². The minimum absolute atomic E-state index is 0.171. The van der Waals surface area contributed by atoms with Crippen molar-refractivity contribution in [2.45, 2.75) is 6.04 Å². The first-order valence-corrected chi connectivity index (χ1v) is 4.59. The van der Waals surface area contributed by atoms with Crippen LogP contribution in [0.4, 0.5) is 0 Å². The molecule has 0 radical (unpaired) electrons. The first-order chi connectivity index (χ1) is 6.65. The highest BCUT2D eigenvalue weighted by Gasteiger charge is 2.23. The van der Waals surface area contributed by atoms with E-state index >= 15 is 0 Å². The summed E-state index contributed by atoms with van der Waals surface area (Å²) in [7, 11) is 1.27. The molecule has 1 aromatic rings. The quantitative estimate of drug-likeness (QED) is 0.406. The van der Waals surface area contributed by atoms with Gasteiger partial charge in [-0.15, -0.1) is 11.3 Å². The van der Waals surface area contributed by atoms with Crippen LogP contribution >= 0.6 is 11.3 Å². The molecule has 0 aliphatic heterocycles. The van der Waals surface area contributed by atoms with Crippen LogP contribution in [0, 0.1) is 0 Å². The van der Waals surface area contributed by atoms with Gasteiger partial charge in [-0.3, -0.25) is 0 Å². The molecular weight excluding hydrogens is 204 g/mol. The Hall–Kier alpha value is -1.63. The average molecular weight is 214 g/mol. The van der Waals surface area contributed by atoms with E-state index in [0.717, 1.165) is 0 Å². The van der Waals surface area contributed by atoms with E-state index in [0.29, 0.717) is 5.01 Å². The van der Waals surface area contributed by atoms with E-state index in [1.165, 1.54) is 18.4 Å². The van der Waals surface area contributed by atoms with Gasteiger partial charge in [-0.25, -0.2) is 14.8 Å². The number of thiazole rings is 1. The third-order valence-electron chi connectivity index (χ3n) is 1.39. The maximum atomic E-state index is 11.3. The fraction of sp³-hybridized carbons (Fsp3) is 0.286. The second-order valence-corrected chi connectivity index (χ2v) is 3.28. The SMILES string of the molecule is COC(=O)C(N=C(N)N)c1nccs1. The van der Waals surface area contributed by atoms with Gasteiger partial charge < -0.3 is 16.2 Å². The van der Waals surface area contributed by atoms with E-state index < -0.39 is 12.0 Å². The normalized spacial score (nSPS) is 11.8. The monoisotopic (exact) mass is 214 g/mol. The van der Waals surface area contributed by atoms with Gasteiger partial charge in [0.15, 0.2) is 5.96 Å². The number of esters is 1. The minimum Gasteiger partial charge on any atom is -0.467 e. The molecule has 1 aromatic heterocycles. The van der Waals surface area contributed by atoms with Crippen molar-refractivity contribution >= 4 is 23.3 Å². The Morgan fingerprint density at radius 2 is 2.43 bits per heavy atom. The second kappa shape index (κ2) is 4.56. The summed E-state index contributed by atoms with van der Waals surface area (Å²) in [4.78, 5) is 18.9. The number of ether oxygens (including phenoxy) is 1. The zero-order valence-electron chi connectivity index (χ0n) is 7.51. The van der Waals surface area contributed by atoms with Crippen molar-refractivity contribution < 1.29 is 9.53 Å². The van der Waals surface area contributed by atoms with Crippen molar-refractivity contribution in [1.82, 2.24) is 4.98 Å². The molecule has 0 saturated carbocycles. The van der Waals surface area contributed by atoms with Gasteiger partial charge in [0, 0.05) is 11.6 Å². The molecule has 0 aliphatic carbocycles. The lowest BCUT2D eigenvalue weighted by atomic mass is 10.3. The largest absolute Gasteiger partial charge is 0.467 e. The summed E-state index contributed by atoms with van der Waals surface area (Å²) < 4.78 is 4.55. The number of guanidine groups is 1. The van der Waals surface area contributed by atoms with Crippen LogP contribution in [-0.2, 0) is 9.53 Å². The number of nitrogens with zero attached hydrogens (tertiary/aromatic N) is 2. The number of carbonyl (C=O) groups is 1. The molecule has 0 aliphatic rings. The van der Waals surface area contributed by atoms with Crippen molar-refractivity contribution in [1.29, 1.82) is 0 Å². The Morgan fingerprint density at radius 1 is 1.71 bits per heavy atom. The molecule has 1 atom stereocenters. The van der Waals surface area contributed by atoms with Gasteiger partial charge in [0.1, 0.15) is 5.01 Å². The van der Waals surface area contributed by atoms with Crippen LogP contribution in [-0.4, -0.2) is 24.0 Å². The van der Waals surface area contributed by atoms with E-state index in [-0.39, 0.29) is 5.96 Å². The van der Waals surface area contributed by atoms with Gasteiger partial charge in [-0.1, -0.05) is 0 Å². The number of nitrogens with two attached hydrogens (primary N) is 2. The van der Waals surface area contributed by atoms with Gasteiger partial charge in [0.05, 0.1) is 7.11 Å². The molecule has 1 unspecified atom stereocenters. The molecule has 0 spiro atoms. The molecule has 7 heteroatoms. The molecule has 1 heterocycles. The Morgan fingerprint density at radius 3 is 2.86 bits per heavy atom. The lowest BCUT2D eigenvalue weighted by molar-refractivity contribution is -0.142. The number of hydrogen-bond donors (Lipinski definition) is 2. The standard InChI is InChI=1S/C7H10N4O2S/c1-13-6(12)4(11-7(8)9)5-10-2-3-14-5/h2-4H,1H3,(H4,8,9,11). The van der Waals surface area contributed by atoms with Crippen LogP contribution in [0.2, 0.25) is 0 Å². The van der Waals surface area contributed by atoms with E-state index in [1.54, 1.807) is 11.6 Å². The molecule has 0 amide bonds. The Labute approximate surface area is 84.6 Å². The van der Waals surface area contributed by atoms with Crippen molar-refractivity contribution in [3.63, 3.8) is 0 Å². The van der Waals surface area contributed by atoms with E-state index in [1.807, 2.05) is 0 Å². The van der Waals surface area contributed by atoms with Crippen LogP contribution in [0.25, 0.3) is 0 Å². The lowest BCUT2D eigenvalue weighted by Crippen LogP contribution is -2.26. The third kappa shape index (κ3) is 2.43. The Kier molecular flexibility index (Phi) is 3.41. The smallest absolute Gasteiger partial charge is 0.337 e. The summed E-state index contributed by atoms with van der Waals surface area (Å²) >= 11 is 1.29. The number of hydrogen-bond acceptors (Lipinski definition) is 5. The van der Waals surface area contributed by atoms with E-state index in [2.05, 4.69) is 14.7 Å². The number of aliphatic imine (C=N–C) groups is 1. The second-order valence-electron chi connectivity index (χ2n) is 2.35. The molecule has 1 rings (SSSR count). The maximum absolute atomic E-state index is 11.3. The highest BCUT2D eigenvalue weighted by Crippen LogP contribution is 2.20. The van der Waals surface area contributed by atoms with Crippen molar-refractivity contribution in [2.75, 3.05) is 7.11 Å². The molecular formula is C7H10N4O2S. The van der Waals surface area contributed by atoms with Gasteiger partial charge in [-0.05, 0) is 0 Å². The summed E-state index contributed by atoms with van der Waals surface area (Å²) in [5.74, 6) is -0.705. The third-order valence-corrected chi connectivity index (χ3v) is 2.22. The predicted octanol–water partition coefficient (Wildman–Crippen LogP) is -0.369. The lowest BCUT2D eigenvalue weighted by Gasteiger charge is -2.06. The van der Waals surface area contributed by atoms with Crippen LogP contribution in [0.3, 0.4) is 0 Å². The fourth-order valence-electron chi connectivity index (χ4n) is 0.839. The van der Waals surface area contributed by atoms with Crippen molar-refractivity contribution in [3.05, 3.63) is 16.6 Å². The Balaban J connectivity index is 2.94. The molecule has 6 nitrogen and oxygen atoms in total. The first kappa shape index (κ1) is 10.5. The predicted molar refractivity (Wildman–Crippen MR) is 52.7 cm³/mol. The average Bonchev–Trinajstić information content (AvgIpc) is 2.65. The summed E-state index contributed by atoms with van der Waals surface area (Å²) in [6.07, 6.45) is 1.57. The van der Waals surface area contributed by atoms with Crippen molar-refractivity contribution in [2.24, 2.45) is 16.5 Å². The summed E-state index contributed by atoms with van der Waals surface area (Å²) in [5, 5.41) is 2.23. The molecule has 0 saturated heterocycles. The number of carbonyl (C=O) groups excluding carboxylic acids is 1. The number of rotatable bonds is 3. The first-order valence-electron chi connectivity index (χ1n) is 3.71. The fourth-order valence-corrected chi connectivity index (χ4v) is 1.50. The zero-order valence-corrected chi connectivity index (χ0v) is 8.32. The number of aromatic nitrogens is 1.